The van der Waals surface area contributed by atoms with E-state index in [0.29, 0.717) is 12.6 Å². The van der Waals surface area contributed by atoms with Crippen LogP contribution >= 0.6 is 24.8 Å². The van der Waals surface area contributed by atoms with E-state index in [1.807, 2.05) is 0 Å². The minimum atomic E-state index is 0. The molecule has 182 valence electrons. The fraction of sp³-hybridized carbons (Fsp3) is 0.357. The van der Waals surface area contributed by atoms with Gasteiger partial charge in [0.15, 0.2) is 0 Å². The molecule has 0 spiro atoms. The Kier molecular flexibility index (Phi) is 9.12. The molecule has 2 aliphatic heterocycles. The third-order valence-electron chi connectivity index (χ3n) is 6.85. The van der Waals surface area contributed by atoms with Crippen LogP contribution in [0.5, 0.6) is 5.75 Å². The summed E-state index contributed by atoms with van der Waals surface area (Å²) in [5, 5.41) is 0. The van der Waals surface area contributed by atoms with Crippen LogP contribution in [0.3, 0.4) is 0 Å². The van der Waals surface area contributed by atoms with Gasteiger partial charge in [-0.1, -0.05) is 42.5 Å². The number of anilines is 3. The number of likely N-dealkylation sites (tertiary alicyclic amines) is 1. The SMILES string of the molecule is CN(C)c1ccc(CCN2CCC[C@H]2CN2c3ccccc3COc3ccccc32)cc1.Cl.Cl. The first kappa shape index (κ1) is 26.2. The van der Waals surface area contributed by atoms with Crippen molar-refractivity contribution in [3.05, 3.63) is 83.9 Å². The van der Waals surface area contributed by atoms with Crippen LogP contribution in [0.25, 0.3) is 0 Å². The first-order chi connectivity index (χ1) is 15.7. The van der Waals surface area contributed by atoms with Gasteiger partial charge in [0.05, 0.1) is 5.69 Å². The van der Waals surface area contributed by atoms with E-state index in [0.717, 1.165) is 25.3 Å². The van der Waals surface area contributed by atoms with Gasteiger partial charge in [-0.15, -0.1) is 24.8 Å². The smallest absolute Gasteiger partial charge is 0.143 e. The van der Waals surface area contributed by atoms with E-state index < -0.39 is 0 Å². The highest BCUT2D eigenvalue weighted by Crippen LogP contribution is 2.40. The van der Waals surface area contributed by atoms with Crippen molar-refractivity contribution in [1.82, 2.24) is 4.90 Å². The van der Waals surface area contributed by atoms with Crippen molar-refractivity contribution in [1.29, 1.82) is 0 Å². The Hall–Kier alpha value is -2.40. The largest absolute Gasteiger partial charge is 0.487 e. The van der Waals surface area contributed by atoms with Crippen molar-refractivity contribution >= 4 is 41.9 Å². The summed E-state index contributed by atoms with van der Waals surface area (Å²) in [5.41, 5.74) is 6.40. The Morgan fingerprint density at radius 2 is 1.59 bits per heavy atom. The molecule has 4 nitrogen and oxygen atoms in total. The maximum absolute atomic E-state index is 6.17. The highest BCUT2D eigenvalue weighted by molar-refractivity contribution is 5.85. The monoisotopic (exact) mass is 499 g/mol. The average Bonchev–Trinajstić information content (AvgIpc) is 3.21. The summed E-state index contributed by atoms with van der Waals surface area (Å²) in [5.74, 6) is 0.981. The average molecular weight is 501 g/mol. The van der Waals surface area contributed by atoms with Gasteiger partial charge in [-0.25, -0.2) is 0 Å². The molecule has 6 heteroatoms. The molecule has 2 heterocycles. The third kappa shape index (κ3) is 5.63. The number of rotatable bonds is 6. The molecule has 0 N–H and O–H groups in total. The Labute approximate surface area is 216 Å². The fourth-order valence-electron chi connectivity index (χ4n) is 5.02. The molecule has 3 aromatic rings. The summed E-state index contributed by atoms with van der Waals surface area (Å²) in [7, 11) is 4.18. The Morgan fingerprint density at radius 3 is 2.35 bits per heavy atom. The first-order valence-corrected chi connectivity index (χ1v) is 11.8. The normalized spacial score (nSPS) is 16.9. The van der Waals surface area contributed by atoms with Gasteiger partial charge in [-0.2, -0.15) is 0 Å². The van der Waals surface area contributed by atoms with Crippen LogP contribution < -0.4 is 14.5 Å². The van der Waals surface area contributed by atoms with E-state index in [1.165, 1.54) is 47.6 Å². The fourth-order valence-corrected chi connectivity index (χ4v) is 5.02. The molecule has 0 radical (unpaired) electrons. The highest BCUT2D eigenvalue weighted by atomic mass is 35.5. The van der Waals surface area contributed by atoms with E-state index in [-0.39, 0.29) is 24.8 Å². The van der Waals surface area contributed by atoms with Crippen LogP contribution in [-0.2, 0) is 13.0 Å². The van der Waals surface area contributed by atoms with E-state index in [1.54, 1.807) is 0 Å². The predicted molar refractivity (Wildman–Crippen MR) is 148 cm³/mol. The van der Waals surface area contributed by atoms with Gasteiger partial charge in [-0.3, -0.25) is 4.90 Å². The zero-order valence-electron chi connectivity index (χ0n) is 20.0. The zero-order valence-corrected chi connectivity index (χ0v) is 21.7. The molecule has 2 aliphatic rings. The number of fused-ring (bicyclic) bond motifs is 2. The van der Waals surface area contributed by atoms with Gasteiger partial charge in [0, 0.05) is 50.2 Å². The Balaban J connectivity index is 0.00000162. The molecule has 3 aromatic carbocycles. The Bertz CT molecular complexity index is 1010. The lowest BCUT2D eigenvalue weighted by atomic mass is 10.1. The molecule has 0 aromatic heterocycles. The number of nitrogens with zero attached hydrogens (tertiary/aromatic N) is 3. The number of hydrogen-bond acceptors (Lipinski definition) is 4. The maximum atomic E-state index is 6.17. The van der Waals surface area contributed by atoms with Crippen molar-refractivity contribution in [3.8, 4) is 5.75 Å². The number of benzene rings is 3. The zero-order chi connectivity index (χ0) is 21.9. The first-order valence-electron chi connectivity index (χ1n) is 11.8. The predicted octanol–water partition coefficient (Wildman–Crippen LogP) is 6.33. The summed E-state index contributed by atoms with van der Waals surface area (Å²) < 4.78 is 6.17. The van der Waals surface area contributed by atoms with Crippen LogP contribution in [0.4, 0.5) is 17.1 Å². The van der Waals surface area contributed by atoms with E-state index in [9.17, 15) is 0 Å². The van der Waals surface area contributed by atoms with Gasteiger partial charge in [-0.05, 0) is 61.7 Å². The standard InChI is InChI=1S/C28H33N3O.2ClH/c1-29(2)24-15-13-22(14-16-24)17-19-30-18-7-9-25(30)20-31-26-10-4-3-8-23(26)21-32-28-12-6-5-11-27(28)31;;/h3-6,8,10-16,25H,7,9,17-21H2,1-2H3;2*1H/t25-;;/m0../s1. The molecule has 1 atom stereocenters. The van der Waals surface area contributed by atoms with Crippen LogP contribution in [0, 0.1) is 0 Å². The van der Waals surface area contributed by atoms with E-state index >= 15 is 0 Å². The van der Waals surface area contributed by atoms with Crippen molar-refractivity contribution < 1.29 is 4.74 Å². The summed E-state index contributed by atoms with van der Waals surface area (Å²) in [6, 6.07) is 26.7. The van der Waals surface area contributed by atoms with Crippen LogP contribution in [-0.4, -0.2) is 44.7 Å². The highest BCUT2D eigenvalue weighted by Gasteiger charge is 2.29. The maximum Gasteiger partial charge on any atom is 0.143 e. The molecule has 0 amide bonds. The quantitative estimate of drug-likeness (QED) is 0.394. The topological polar surface area (TPSA) is 19.0 Å². The van der Waals surface area contributed by atoms with Crippen LogP contribution in [0.15, 0.2) is 72.8 Å². The number of ether oxygens (including phenoxy) is 1. The molecule has 0 unspecified atom stereocenters. The summed E-state index contributed by atoms with van der Waals surface area (Å²) >= 11 is 0. The van der Waals surface area contributed by atoms with Gasteiger partial charge < -0.3 is 14.5 Å². The molecule has 0 aliphatic carbocycles. The lowest BCUT2D eigenvalue weighted by Crippen LogP contribution is -2.39. The molecule has 0 bridgehead atoms. The second-order valence-corrected chi connectivity index (χ2v) is 9.14. The minimum absolute atomic E-state index is 0. The van der Waals surface area contributed by atoms with Crippen molar-refractivity contribution in [2.45, 2.75) is 31.9 Å². The van der Waals surface area contributed by atoms with Gasteiger partial charge in [0.1, 0.15) is 12.4 Å². The Morgan fingerprint density at radius 1 is 0.882 bits per heavy atom. The molecular weight excluding hydrogens is 465 g/mol. The van der Waals surface area contributed by atoms with Gasteiger partial charge in [0.2, 0.25) is 0 Å². The lowest BCUT2D eigenvalue weighted by molar-refractivity contribution is 0.261. The van der Waals surface area contributed by atoms with Crippen LogP contribution in [0.1, 0.15) is 24.0 Å². The van der Waals surface area contributed by atoms with Gasteiger partial charge in [0.25, 0.3) is 0 Å². The number of para-hydroxylation sites is 3. The van der Waals surface area contributed by atoms with Gasteiger partial charge >= 0.3 is 0 Å². The van der Waals surface area contributed by atoms with Crippen LogP contribution in [0.2, 0.25) is 0 Å². The summed E-state index contributed by atoms with van der Waals surface area (Å²) in [6.07, 6.45) is 3.62. The van der Waals surface area contributed by atoms with Crippen molar-refractivity contribution in [3.63, 3.8) is 0 Å². The second-order valence-electron chi connectivity index (χ2n) is 9.14. The summed E-state index contributed by atoms with van der Waals surface area (Å²) in [6.45, 7) is 3.92. The molecule has 34 heavy (non-hydrogen) atoms. The number of halogens is 2. The third-order valence-corrected chi connectivity index (χ3v) is 6.85. The molecule has 1 fully saturated rings. The summed E-state index contributed by atoms with van der Waals surface area (Å²) in [4.78, 5) is 7.34. The second kappa shape index (κ2) is 11.8. The number of hydrogen-bond donors (Lipinski definition) is 0. The lowest BCUT2D eigenvalue weighted by Gasteiger charge is -2.32. The molecule has 1 saturated heterocycles. The molecule has 0 saturated carbocycles. The van der Waals surface area contributed by atoms with E-state index in [2.05, 4.69) is 102 Å². The van der Waals surface area contributed by atoms with Crippen molar-refractivity contribution in [2.24, 2.45) is 0 Å². The minimum Gasteiger partial charge on any atom is -0.487 e. The molecular formula is C28H35Cl2N3O. The van der Waals surface area contributed by atoms with Crippen molar-refractivity contribution in [2.75, 3.05) is 43.5 Å². The van der Waals surface area contributed by atoms with E-state index in [4.69, 9.17) is 4.74 Å². The molecule has 5 rings (SSSR count).